The highest BCUT2D eigenvalue weighted by Crippen LogP contribution is 2.27. The van der Waals surface area contributed by atoms with Gasteiger partial charge in [0.1, 0.15) is 0 Å². The minimum absolute atomic E-state index is 0.403. The summed E-state index contributed by atoms with van der Waals surface area (Å²) < 4.78 is 5.76. The number of likely N-dealkylation sites (N-methyl/N-ethyl adjacent to an activating group) is 1. The number of hydrogen-bond acceptors (Lipinski definition) is 3. The predicted molar refractivity (Wildman–Crippen MR) is 80.5 cm³/mol. The van der Waals surface area contributed by atoms with Gasteiger partial charge >= 0.3 is 0 Å². The highest BCUT2D eigenvalue weighted by molar-refractivity contribution is 4.91. The van der Waals surface area contributed by atoms with Crippen LogP contribution in [-0.4, -0.2) is 49.3 Å². The van der Waals surface area contributed by atoms with Crippen molar-refractivity contribution in [2.24, 2.45) is 0 Å². The zero-order valence-corrected chi connectivity index (χ0v) is 13.0. The largest absolute Gasteiger partial charge is 0.377 e. The van der Waals surface area contributed by atoms with Gasteiger partial charge in [-0.3, -0.25) is 4.90 Å². The lowest BCUT2D eigenvalue weighted by atomic mass is 9.98. The first-order chi connectivity index (χ1) is 9.24. The average molecular weight is 268 g/mol. The molecule has 0 amide bonds. The minimum Gasteiger partial charge on any atom is -0.377 e. The number of rotatable bonds is 5. The molecule has 1 aliphatic carbocycles. The fraction of sp³-hybridized carbons (Fsp3) is 1.00. The van der Waals surface area contributed by atoms with E-state index in [2.05, 4.69) is 31.1 Å². The summed E-state index contributed by atoms with van der Waals surface area (Å²) in [5, 5.41) is 3.80. The summed E-state index contributed by atoms with van der Waals surface area (Å²) >= 11 is 0. The first-order valence-corrected chi connectivity index (χ1v) is 8.31. The first kappa shape index (κ1) is 15.3. The molecule has 0 radical (unpaired) electrons. The highest BCUT2D eigenvalue weighted by Gasteiger charge is 2.35. The molecule has 0 bridgehead atoms. The highest BCUT2D eigenvalue weighted by atomic mass is 16.5. The van der Waals surface area contributed by atoms with E-state index >= 15 is 0 Å². The van der Waals surface area contributed by atoms with Crippen LogP contribution >= 0.6 is 0 Å². The Balaban J connectivity index is 1.99. The first-order valence-electron chi connectivity index (χ1n) is 8.31. The second kappa shape index (κ2) is 7.61. The molecule has 0 aromatic carbocycles. The van der Waals surface area contributed by atoms with Crippen LogP contribution < -0.4 is 5.32 Å². The summed E-state index contributed by atoms with van der Waals surface area (Å²) in [6, 6.07) is 2.00. The summed E-state index contributed by atoms with van der Waals surface area (Å²) in [5.74, 6) is 0. The molecule has 1 N–H and O–H groups in total. The van der Waals surface area contributed by atoms with Crippen molar-refractivity contribution in [3.63, 3.8) is 0 Å². The van der Waals surface area contributed by atoms with Gasteiger partial charge in [-0.15, -0.1) is 0 Å². The van der Waals surface area contributed by atoms with E-state index in [0.29, 0.717) is 24.2 Å². The monoisotopic (exact) mass is 268 g/mol. The van der Waals surface area contributed by atoms with Gasteiger partial charge in [0.2, 0.25) is 0 Å². The van der Waals surface area contributed by atoms with Crippen LogP contribution in [0.4, 0.5) is 0 Å². The molecular formula is C16H32N2O. The van der Waals surface area contributed by atoms with Gasteiger partial charge in [0.25, 0.3) is 0 Å². The maximum absolute atomic E-state index is 5.76. The van der Waals surface area contributed by atoms with E-state index in [9.17, 15) is 0 Å². The lowest BCUT2D eigenvalue weighted by Crippen LogP contribution is -2.53. The molecular weight excluding hydrogens is 236 g/mol. The smallest absolute Gasteiger partial charge is 0.0703 e. The Morgan fingerprint density at radius 3 is 2.58 bits per heavy atom. The van der Waals surface area contributed by atoms with Crippen molar-refractivity contribution >= 4 is 0 Å². The van der Waals surface area contributed by atoms with Crippen LogP contribution in [0.5, 0.6) is 0 Å². The molecule has 1 aliphatic heterocycles. The molecule has 1 heterocycles. The van der Waals surface area contributed by atoms with Crippen LogP contribution in [0, 0.1) is 0 Å². The third kappa shape index (κ3) is 3.93. The third-order valence-corrected chi connectivity index (χ3v) is 5.02. The Bertz CT molecular complexity index is 259. The second-order valence-corrected chi connectivity index (χ2v) is 6.36. The fourth-order valence-corrected chi connectivity index (χ4v) is 3.84. The molecule has 2 rings (SSSR count). The number of hydrogen-bond donors (Lipinski definition) is 1. The molecule has 4 unspecified atom stereocenters. The van der Waals surface area contributed by atoms with Gasteiger partial charge in [0.15, 0.2) is 0 Å². The average Bonchev–Trinajstić information content (AvgIpc) is 2.71. The standard InChI is InChI=1S/C16H32N2O/c1-4-11-17-14-8-6-5-7-9-16(14)18(3)15-10-12-19-13(15)2/h13-17H,4-12H2,1-3H3. The van der Waals surface area contributed by atoms with Crippen LogP contribution in [0.3, 0.4) is 0 Å². The maximum atomic E-state index is 5.76. The van der Waals surface area contributed by atoms with Crippen molar-refractivity contribution in [2.75, 3.05) is 20.2 Å². The third-order valence-electron chi connectivity index (χ3n) is 5.02. The van der Waals surface area contributed by atoms with Gasteiger partial charge in [-0.25, -0.2) is 0 Å². The molecule has 19 heavy (non-hydrogen) atoms. The molecule has 1 saturated carbocycles. The van der Waals surface area contributed by atoms with Crippen molar-refractivity contribution < 1.29 is 4.74 Å². The van der Waals surface area contributed by atoms with E-state index in [4.69, 9.17) is 4.74 Å². The summed E-state index contributed by atoms with van der Waals surface area (Å²) in [6.45, 7) is 6.59. The van der Waals surface area contributed by atoms with Crippen molar-refractivity contribution in [1.82, 2.24) is 10.2 Å². The van der Waals surface area contributed by atoms with Crippen LogP contribution in [0.2, 0.25) is 0 Å². The molecule has 2 aliphatic rings. The zero-order chi connectivity index (χ0) is 13.7. The van der Waals surface area contributed by atoms with Crippen molar-refractivity contribution in [1.29, 1.82) is 0 Å². The number of nitrogens with one attached hydrogen (secondary N) is 1. The van der Waals surface area contributed by atoms with Crippen LogP contribution in [0.15, 0.2) is 0 Å². The van der Waals surface area contributed by atoms with E-state index in [1.165, 1.54) is 44.9 Å². The lowest BCUT2D eigenvalue weighted by molar-refractivity contribution is 0.0560. The summed E-state index contributed by atoms with van der Waals surface area (Å²) in [6.07, 6.45) is 9.72. The minimum atomic E-state index is 0.403. The molecule has 2 fully saturated rings. The molecule has 0 spiro atoms. The van der Waals surface area contributed by atoms with E-state index in [1.54, 1.807) is 0 Å². The van der Waals surface area contributed by atoms with Crippen molar-refractivity contribution in [2.45, 2.75) is 83.0 Å². The Hall–Kier alpha value is -0.120. The number of nitrogens with zero attached hydrogens (tertiary/aromatic N) is 1. The zero-order valence-electron chi connectivity index (χ0n) is 13.0. The van der Waals surface area contributed by atoms with Crippen molar-refractivity contribution in [3.8, 4) is 0 Å². The summed E-state index contributed by atoms with van der Waals surface area (Å²) in [5.41, 5.74) is 0. The van der Waals surface area contributed by atoms with E-state index < -0.39 is 0 Å². The maximum Gasteiger partial charge on any atom is 0.0703 e. The van der Waals surface area contributed by atoms with E-state index in [1.807, 2.05) is 0 Å². The van der Waals surface area contributed by atoms with Gasteiger partial charge in [0, 0.05) is 24.7 Å². The summed E-state index contributed by atoms with van der Waals surface area (Å²) in [7, 11) is 2.33. The van der Waals surface area contributed by atoms with Crippen molar-refractivity contribution in [3.05, 3.63) is 0 Å². The van der Waals surface area contributed by atoms with Crippen LogP contribution in [0.1, 0.15) is 58.8 Å². The van der Waals surface area contributed by atoms with Gasteiger partial charge in [-0.1, -0.05) is 26.2 Å². The second-order valence-electron chi connectivity index (χ2n) is 6.36. The Morgan fingerprint density at radius 2 is 1.89 bits per heavy atom. The molecule has 112 valence electrons. The Morgan fingerprint density at radius 1 is 1.11 bits per heavy atom. The predicted octanol–water partition coefficient (Wildman–Crippen LogP) is 2.80. The molecule has 0 aromatic heterocycles. The molecule has 0 aromatic rings. The Kier molecular flexibility index (Phi) is 6.11. The topological polar surface area (TPSA) is 24.5 Å². The van der Waals surface area contributed by atoms with Gasteiger partial charge < -0.3 is 10.1 Å². The van der Waals surface area contributed by atoms with Crippen LogP contribution in [-0.2, 0) is 4.74 Å². The fourth-order valence-electron chi connectivity index (χ4n) is 3.84. The normalized spacial score (nSPS) is 36.6. The Labute approximate surface area is 119 Å². The molecule has 4 atom stereocenters. The van der Waals surface area contributed by atoms with Gasteiger partial charge in [-0.05, 0) is 46.2 Å². The van der Waals surface area contributed by atoms with E-state index in [0.717, 1.165) is 13.2 Å². The van der Waals surface area contributed by atoms with Crippen LogP contribution in [0.25, 0.3) is 0 Å². The molecule has 3 heteroatoms. The quantitative estimate of drug-likeness (QED) is 0.776. The summed E-state index contributed by atoms with van der Waals surface area (Å²) in [4.78, 5) is 2.64. The van der Waals surface area contributed by atoms with E-state index in [-0.39, 0.29) is 0 Å². The lowest BCUT2D eigenvalue weighted by Gasteiger charge is -2.39. The molecule has 1 saturated heterocycles. The van der Waals surface area contributed by atoms with Gasteiger partial charge in [0.05, 0.1) is 6.10 Å². The molecule has 3 nitrogen and oxygen atoms in total. The SMILES string of the molecule is CCCNC1CCCCCC1N(C)C1CCOC1C. The van der Waals surface area contributed by atoms with Gasteiger partial charge in [-0.2, -0.15) is 0 Å². The number of ether oxygens (including phenoxy) is 1.